The van der Waals surface area contributed by atoms with Crippen LogP contribution < -0.4 is 11.3 Å². The van der Waals surface area contributed by atoms with E-state index in [-0.39, 0.29) is 0 Å². The van der Waals surface area contributed by atoms with Gasteiger partial charge in [-0.2, -0.15) is 0 Å². The maximum absolute atomic E-state index is 6.31. The van der Waals surface area contributed by atoms with Gasteiger partial charge in [-0.1, -0.05) is 34.0 Å². The summed E-state index contributed by atoms with van der Waals surface area (Å²) in [6, 6.07) is 3.90. The molecule has 0 saturated heterocycles. The lowest BCUT2D eigenvalue weighted by molar-refractivity contribution is 0.709. The normalized spacial score (nSPS) is 15.1. The summed E-state index contributed by atoms with van der Waals surface area (Å²) in [6.07, 6.45) is 5.66. The lowest BCUT2D eigenvalue weighted by Gasteiger charge is -2.15. The molecule has 0 unspecified atom stereocenters. The number of nitrogens with two attached hydrogens (primary N) is 1. The van der Waals surface area contributed by atoms with Gasteiger partial charge < -0.3 is 5.43 Å². The van der Waals surface area contributed by atoms with Crippen molar-refractivity contribution in [2.45, 2.75) is 32.1 Å². The van der Waals surface area contributed by atoms with Gasteiger partial charge in [0.15, 0.2) is 0 Å². The van der Waals surface area contributed by atoms with Gasteiger partial charge in [0.05, 0.1) is 16.2 Å². The number of nitrogens with zero attached hydrogens (tertiary/aromatic N) is 1. The van der Waals surface area contributed by atoms with Crippen LogP contribution in [0.1, 0.15) is 30.5 Å². The molecule has 1 aliphatic rings. The van der Waals surface area contributed by atoms with Crippen molar-refractivity contribution in [2.75, 3.05) is 5.43 Å². The molecule has 0 spiro atoms. The van der Waals surface area contributed by atoms with Crippen LogP contribution in [-0.4, -0.2) is 4.98 Å². The molecule has 3 N–H and O–H groups in total. The maximum Gasteiger partial charge on any atom is 0.0913 e. The predicted octanol–water partition coefficient (Wildman–Crippen LogP) is 4.21. The fraction of sp³-hybridized carbons (Fsp3) is 0.357. The summed E-state index contributed by atoms with van der Waals surface area (Å²) in [7, 11) is 0. The van der Waals surface area contributed by atoms with Gasteiger partial charge in [0.2, 0.25) is 0 Å². The van der Waals surface area contributed by atoms with Crippen LogP contribution in [0.4, 0.5) is 5.69 Å². The number of hydrazine groups is 1. The van der Waals surface area contributed by atoms with Crippen molar-refractivity contribution in [1.29, 1.82) is 0 Å². The lowest BCUT2D eigenvalue weighted by atomic mass is 10.0. The van der Waals surface area contributed by atoms with Gasteiger partial charge in [-0.15, -0.1) is 0 Å². The van der Waals surface area contributed by atoms with Gasteiger partial charge in [-0.05, 0) is 43.4 Å². The van der Waals surface area contributed by atoms with Crippen molar-refractivity contribution >= 4 is 44.1 Å². The summed E-state index contributed by atoms with van der Waals surface area (Å²) in [4.78, 5) is 4.78. The number of anilines is 1. The highest BCUT2D eigenvalue weighted by molar-refractivity contribution is 9.10. The van der Waals surface area contributed by atoms with E-state index in [9.17, 15) is 0 Å². The molecule has 0 atom stereocenters. The average molecular weight is 341 g/mol. The number of hydrogen-bond acceptors (Lipinski definition) is 3. The first-order valence-electron chi connectivity index (χ1n) is 6.48. The molecule has 1 aromatic heterocycles. The van der Waals surface area contributed by atoms with Gasteiger partial charge >= 0.3 is 0 Å². The van der Waals surface area contributed by atoms with E-state index in [0.717, 1.165) is 39.6 Å². The van der Waals surface area contributed by atoms with Crippen LogP contribution in [0.3, 0.4) is 0 Å². The Bertz CT molecular complexity index is 642. The number of nitrogens with one attached hydrogen (secondary N) is 1. The van der Waals surface area contributed by atoms with E-state index < -0.39 is 0 Å². The molecular formula is C14H15BrClN3. The van der Waals surface area contributed by atoms with E-state index >= 15 is 0 Å². The highest BCUT2D eigenvalue weighted by Gasteiger charge is 2.18. The van der Waals surface area contributed by atoms with Crippen molar-refractivity contribution in [3.63, 3.8) is 0 Å². The molecule has 5 heteroatoms. The zero-order valence-electron chi connectivity index (χ0n) is 10.5. The molecule has 0 aliphatic heterocycles. The number of fused-ring (bicyclic) bond motifs is 2. The summed E-state index contributed by atoms with van der Waals surface area (Å²) in [6.45, 7) is 0. The summed E-state index contributed by atoms with van der Waals surface area (Å²) >= 11 is 9.79. The average Bonchev–Trinajstić information content (AvgIpc) is 2.61. The Morgan fingerprint density at radius 1 is 1.21 bits per heavy atom. The third kappa shape index (κ3) is 2.33. The van der Waals surface area contributed by atoms with E-state index in [4.69, 9.17) is 22.4 Å². The van der Waals surface area contributed by atoms with Crippen LogP contribution >= 0.6 is 27.5 Å². The minimum absolute atomic E-state index is 0.660. The van der Waals surface area contributed by atoms with Crippen molar-refractivity contribution < 1.29 is 0 Å². The van der Waals surface area contributed by atoms with Crippen LogP contribution in [-0.2, 0) is 12.8 Å². The molecule has 19 heavy (non-hydrogen) atoms. The molecule has 3 rings (SSSR count). The molecule has 0 bridgehead atoms. The topological polar surface area (TPSA) is 50.9 Å². The summed E-state index contributed by atoms with van der Waals surface area (Å²) in [5.41, 5.74) is 7.06. The van der Waals surface area contributed by atoms with E-state index in [1.807, 2.05) is 12.1 Å². The van der Waals surface area contributed by atoms with Gasteiger partial charge in [0.1, 0.15) is 0 Å². The number of pyridine rings is 1. The van der Waals surface area contributed by atoms with Crippen molar-refractivity contribution in [3.05, 3.63) is 32.9 Å². The number of aryl methyl sites for hydroxylation is 1. The Hall–Kier alpha value is -0.840. The molecule has 3 nitrogen and oxygen atoms in total. The van der Waals surface area contributed by atoms with Crippen LogP contribution in [0.2, 0.25) is 5.02 Å². The van der Waals surface area contributed by atoms with Crippen molar-refractivity contribution in [3.8, 4) is 0 Å². The molecule has 1 aliphatic carbocycles. The quantitative estimate of drug-likeness (QED) is 0.464. The smallest absolute Gasteiger partial charge is 0.0913 e. The number of benzene rings is 1. The number of aromatic nitrogens is 1. The zero-order chi connectivity index (χ0) is 13.4. The molecule has 0 saturated carbocycles. The highest BCUT2D eigenvalue weighted by Crippen LogP contribution is 2.36. The highest BCUT2D eigenvalue weighted by atomic mass is 79.9. The number of halogens is 2. The molecule has 0 amide bonds. The van der Waals surface area contributed by atoms with Crippen LogP contribution in [0.5, 0.6) is 0 Å². The third-order valence-electron chi connectivity index (χ3n) is 3.68. The van der Waals surface area contributed by atoms with Crippen LogP contribution in [0.25, 0.3) is 10.9 Å². The summed E-state index contributed by atoms with van der Waals surface area (Å²) in [5, 5.41) is 1.65. The largest absolute Gasteiger partial charge is 0.323 e. The Balaban J connectivity index is 2.36. The fourth-order valence-electron chi connectivity index (χ4n) is 2.79. The minimum Gasteiger partial charge on any atom is -0.323 e. The SMILES string of the molecule is NNc1c2c(nc3c(Cl)cc(Br)cc13)CCCCC2. The van der Waals surface area contributed by atoms with Gasteiger partial charge in [-0.25, -0.2) is 0 Å². The van der Waals surface area contributed by atoms with Gasteiger partial charge in [0.25, 0.3) is 0 Å². The second-order valence-electron chi connectivity index (χ2n) is 4.90. The molecule has 1 heterocycles. The predicted molar refractivity (Wildman–Crippen MR) is 83.5 cm³/mol. The third-order valence-corrected chi connectivity index (χ3v) is 4.43. The van der Waals surface area contributed by atoms with Crippen LogP contribution in [0, 0.1) is 0 Å². The summed E-state index contributed by atoms with van der Waals surface area (Å²) in [5.74, 6) is 5.75. The second kappa shape index (κ2) is 5.27. The van der Waals surface area contributed by atoms with Crippen LogP contribution in [0.15, 0.2) is 16.6 Å². The molecular weight excluding hydrogens is 326 g/mol. The lowest BCUT2D eigenvalue weighted by Crippen LogP contribution is -2.12. The number of hydrogen-bond donors (Lipinski definition) is 2. The van der Waals surface area contributed by atoms with E-state index in [2.05, 4.69) is 21.4 Å². The Kier molecular flexibility index (Phi) is 3.65. The first-order valence-corrected chi connectivity index (χ1v) is 7.65. The fourth-order valence-corrected chi connectivity index (χ4v) is 3.64. The van der Waals surface area contributed by atoms with Gasteiger partial charge in [-0.3, -0.25) is 10.8 Å². The Morgan fingerprint density at radius 2 is 2.00 bits per heavy atom. The first kappa shape index (κ1) is 13.2. The molecule has 2 aromatic rings. The maximum atomic E-state index is 6.31. The number of rotatable bonds is 1. The van der Waals surface area contributed by atoms with E-state index in [1.165, 1.54) is 24.8 Å². The van der Waals surface area contributed by atoms with Crippen molar-refractivity contribution in [1.82, 2.24) is 4.98 Å². The standard InChI is InChI=1S/C14H15BrClN3/c15-8-6-10-13(19-17)9-4-2-1-3-5-12(9)18-14(10)11(16)7-8/h6-7H,1-5,17H2,(H,18,19). The van der Waals surface area contributed by atoms with E-state index in [0.29, 0.717) is 5.02 Å². The molecule has 1 aromatic carbocycles. The number of nitrogen functional groups attached to an aromatic ring is 1. The monoisotopic (exact) mass is 339 g/mol. The first-order chi connectivity index (χ1) is 9.20. The minimum atomic E-state index is 0.660. The molecule has 0 fully saturated rings. The summed E-state index contributed by atoms with van der Waals surface area (Å²) < 4.78 is 0.942. The second-order valence-corrected chi connectivity index (χ2v) is 6.22. The molecule has 0 radical (unpaired) electrons. The van der Waals surface area contributed by atoms with Gasteiger partial charge in [0, 0.05) is 15.6 Å². The van der Waals surface area contributed by atoms with E-state index in [1.54, 1.807) is 0 Å². The molecule has 100 valence electrons. The Labute approximate surface area is 125 Å². The zero-order valence-corrected chi connectivity index (χ0v) is 12.8. The Morgan fingerprint density at radius 3 is 2.79 bits per heavy atom. The van der Waals surface area contributed by atoms with Crippen molar-refractivity contribution in [2.24, 2.45) is 5.84 Å².